The standard InChI is InChI=1S/C16H25N3O3/c1-18(2)16(21)14-9-8-13(22-14)10-17-15(20)11-19(3)12-6-4-5-7-12/h8-9,12H,4-7,10-11H2,1-3H3,(H,17,20). The maximum Gasteiger partial charge on any atom is 0.289 e. The van der Waals surface area contributed by atoms with Crippen LogP contribution in [0.3, 0.4) is 0 Å². The van der Waals surface area contributed by atoms with E-state index >= 15 is 0 Å². The summed E-state index contributed by atoms with van der Waals surface area (Å²) in [5, 5.41) is 2.84. The highest BCUT2D eigenvalue weighted by Crippen LogP contribution is 2.21. The van der Waals surface area contributed by atoms with Crippen molar-refractivity contribution in [3.8, 4) is 0 Å². The van der Waals surface area contributed by atoms with E-state index in [2.05, 4.69) is 10.2 Å². The number of likely N-dealkylation sites (N-methyl/N-ethyl adjacent to an activating group) is 1. The molecule has 22 heavy (non-hydrogen) atoms. The molecule has 0 aliphatic heterocycles. The van der Waals surface area contributed by atoms with Gasteiger partial charge in [-0.05, 0) is 32.0 Å². The van der Waals surface area contributed by atoms with Gasteiger partial charge in [-0.25, -0.2) is 0 Å². The SMILES string of the molecule is CN(C)C(=O)c1ccc(CNC(=O)CN(C)C2CCCC2)o1. The fraction of sp³-hybridized carbons (Fsp3) is 0.625. The van der Waals surface area contributed by atoms with Crippen LogP contribution in [0.15, 0.2) is 16.5 Å². The Morgan fingerprint density at radius 2 is 1.91 bits per heavy atom. The van der Waals surface area contributed by atoms with E-state index in [0.29, 0.717) is 24.9 Å². The second-order valence-corrected chi connectivity index (χ2v) is 6.10. The lowest BCUT2D eigenvalue weighted by Crippen LogP contribution is -2.39. The molecule has 0 saturated heterocycles. The average molecular weight is 307 g/mol. The Balaban J connectivity index is 1.77. The van der Waals surface area contributed by atoms with Crippen LogP contribution in [-0.4, -0.2) is 55.3 Å². The van der Waals surface area contributed by atoms with E-state index in [-0.39, 0.29) is 17.6 Å². The first-order valence-corrected chi connectivity index (χ1v) is 7.74. The zero-order valence-electron chi connectivity index (χ0n) is 13.6. The van der Waals surface area contributed by atoms with Crippen molar-refractivity contribution in [2.45, 2.75) is 38.3 Å². The average Bonchev–Trinajstić information content (AvgIpc) is 3.15. The number of nitrogens with zero attached hydrogens (tertiary/aromatic N) is 2. The molecule has 1 fully saturated rings. The largest absolute Gasteiger partial charge is 0.454 e. The van der Waals surface area contributed by atoms with Crippen molar-refractivity contribution in [3.05, 3.63) is 23.7 Å². The van der Waals surface area contributed by atoms with Crippen LogP contribution in [0.2, 0.25) is 0 Å². The maximum atomic E-state index is 12.0. The van der Waals surface area contributed by atoms with E-state index in [1.54, 1.807) is 26.2 Å². The van der Waals surface area contributed by atoms with Gasteiger partial charge in [0.1, 0.15) is 5.76 Å². The Morgan fingerprint density at radius 3 is 2.55 bits per heavy atom. The van der Waals surface area contributed by atoms with Crippen LogP contribution in [0.5, 0.6) is 0 Å². The predicted molar refractivity (Wildman–Crippen MR) is 83.5 cm³/mol. The van der Waals surface area contributed by atoms with Gasteiger partial charge in [0.15, 0.2) is 5.76 Å². The molecule has 1 saturated carbocycles. The first-order chi connectivity index (χ1) is 10.5. The summed E-state index contributed by atoms with van der Waals surface area (Å²) in [5.41, 5.74) is 0. The van der Waals surface area contributed by atoms with Gasteiger partial charge in [0, 0.05) is 20.1 Å². The highest BCUT2D eigenvalue weighted by Gasteiger charge is 2.21. The number of nitrogens with one attached hydrogen (secondary N) is 1. The molecule has 0 aromatic carbocycles. The number of hydrogen-bond donors (Lipinski definition) is 1. The smallest absolute Gasteiger partial charge is 0.289 e. The highest BCUT2D eigenvalue weighted by atomic mass is 16.4. The highest BCUT2D eigenvalue weighted by molar-refractivity contribution is 5.91. The molecular weight excluding hydrogens is 282 g/mol. The summed E-state index contributed by atoms with van der Waals surface area (Å²) in [6, 6.07) is 3.88. The van der Waals surface area contributed by atoms with Crippen molar-refractivity contribution in [2.75, 3.05) is 27.7 Å². The number of hydrogen-bond acceptors (Lipinski definition) is 4. The number of carbonyl (C=O) groups is 2. The molecule has 6 nitrogen and oxygen atoms in total. The number of rotatable bonds is 6. The number of furan rings is 1. The van der Waals surface area contributed by atoms with E-state index in [0.717, 1.165) is 0 Å². The van der Waals surface area contributed by atoms with Gasteiger partial charge in [-0.15, -0.1) is 0 Å². The summed E-state index contributed by atoms with van der Waals surface area (Å²) in [5.74, 6) is 0.671. The van der Waals surface area contributed by atoms with Crippen molar-refractivity contribution in [2.24, 2.45) is 0 Å². The van der Waals surface area contributed by atoms with E-state index in [4.69, 9.17) is 4.42 Å². The molecule has 1 heterocycles. The molecule has 1 aliphatic carbocycles. The summed E-state index contributed by atoms with van der Waals surface area (Å²) in [6.45, 7) is 0.701. The summed E-state index contributed by atoms with van der Waals surface area (Å²) in [4.78, 5) is 27.3. The van der Waals surface area contributed by atoms with Crippen molar-refractivity contribution in [1.82, 2.24) is 15.1 Å². The van der Waals surface area contributed by atoms with Gasteiger partial charge < -0.3 is 14.6 Å². The zero-order chi connectivity index (χ0) is 16.1. The minimum atomic E-state index is -0.182. The zero-order valence-corrected chi connectivity index (χ0v) is 13.6. The van der Waals surface area contributed by atoms with Crippen LogP contribution < -0.4 is 5.32 Å². The van der Waals surface area contributed by atoms with E-state index in [9.17, 15) is 9.59 Å². The van der Waals surface area contributed by atoms with Crippen molar-refractivity contribution in [1.29, 1.82) is 0 Å². The topological polar surface area (TPSA) is 65.8 Å². The van der Waals surface area contributed by atoms with E-state index < -0.39 is 0 Å². The molecule has 0 unspecified atom stereocenters. The van der Waals surface area contributed by atoms with Crippen LogP contribution in [0, 0.1) is 0 Å². The minimum Gasteiger partial charge on any atom is -0.454 e. The van der Waals surface area contributed by atoms with Crippen LogP contribution in [0.1, 0.15) is 42.0 Å². The Kier molecular flexibility index (Phi) is 5.60. The van der Waals surface area contributed by atoms with E-state index in [1.807, 2.05) is 7.05 Å². The second-order valence-electron chi connectivity index (χ2n) is 6.10. The molecular formula is C16H25N3O3. The van der Waals surface area contributed by atoms with Crippen molar-refractivity contribution < 1.29 is 14.0 Å². The molecule has 1 aromatic rings. The minimum absolute atomic E-state index is 0.0220. The van der Waals surface area contributed by atoms with Crippen LogP contribution in [0.25, 0.3) is 0 Å². The van der Waals surface area contributed by atoms with Gasteiger partial charge in [0.05, 0.1) is 13.1 Å². The Bertz CT molecular complexity index is 518. The molecule has 1 aromatic heterocycles. The molecule has 122 valence electrons. The Morgan fingerprint density at radius 1 is 1.23 bits per heavy atom. The first kappa shape index (κ1) is 16.5. The summed E-state index contributed by atoms with van der Waals surface area (Å²) < 4.78 is 5.44. The molecule has 1 N–H and O–H groups in total. The Hall–Kier alpha value is -1.82. The molecule has 2 amide bonds. The number of carbonyl (C=O) groups excluding carboxylic acids is 2. The second kappa shape index (κ2) is 7.45. The molecule has 2 rings (SSSR count). The van der Waals surface area contributed by atoms with Gasteiger partial charge in [0.25, 0.3) is 5.91 Å². The van der Waals surface area contributed by atoms with Gasteiger partial charge in [-0.2, -0.15) is 0 Å². The monoisotopic (exact) mass is 307 g/mol. The van der Waals surface area contributed by atoms with Crippen LogP contribution >= 0.6 is 0 Å². The predicted octanol–water partition coefficient (Wildman–Crippen LogP) is 1.47. The molecule has 0 radical (unpaired) electrons. The van der Waals surface area contributed by atoms with Crippen LogP contribution in [0.4, 0.5) is 0 Å². The third kappa shape index (κ3) is 4.34. The summed E-state index contributed by atoms with van der Waals surface area (Å²) in [6.07, 6.45) is 4.87. The molecule has 0 bridgehead atoms. The van der Waals surface area contributed by atoms with Crippen molar-refractivity contribution >= 4 is 11.8 Å². The quantitative estimate of drug-likeness (QED) is 0.864. The van der Waals surface area contributed by atoms with Gasteiger partial charge in [0.2, 0.25) is 5.91 Å². The summed E-state index contributed by atoms with van der Waals surface area (Å²) in [7, 11) is 5.34. The molecule has 0 atom stereocenters. The molecule has 0 spiro atoms. The fourth-order valence-corrected chi connectivity index (χ4v) is 2.75. The summed E-state index contributed by atoms with van der Waals surface area (Å²) >= 11 is 0. The third-order valence-corrected chi connectivity index (χ3v) is 4.08. The Labute approximate surface area is 131 Å². The normalized spacial score (nSPS) is 15.3. The number of amides is 2. The fourth-order valence-electron chi connectivity index (χ4n) is 2.75. The van der Waals surface area contributed by atoms with E-state index in [1.165, 1.54) is 30.6 Å². The molecule has 1 aliphatic rings. The van der Waals surface area contributed by atoms with Crippen molar-refractivity contribution in [3.63, 3.8) is 0 Å². The maximum absolute atomic E-state index is 12.0. The lowest BCUT2D eigenvalue weighted by atomic mass is 10.2. The lowest BCUT2D eigenvalue weighted by molar-refractivity contribution is -0.122. The van der Waals surface area contributed by atoms with Gasteiger partial charge in [-0.1, -0.05) is 12.8 Å². The van der Waals surface area contributed by atoms with Gasteiger partial charge in [-0.3, -0.25) is 14.5 Å². The third-order valence-electron chi connectivity index (χ3n) is 4.08. The first-order valence-electron chi connectivity index (χ1n) is 7.74. The molecule has 6 heteroatoms. The van der Waals surface area contributed by atoms with Crippen LogP contribution in [-0.2, 0) is 11.3 Å². The lowest BCUT2D eigenvalue weighted by Gasteiger charge is -2.23. The van der Waals surface area contributed by atoms with Gasteiger partial charge >= 0.3 is 0 Å².